The number of hydrogen-bond acceptors (Lipinski definition) is 3. The van der Waals surface area contributed by atoms with E-state index in [0.717, 1.165) is 0 Å². The maximum atomic E-state index is 13.4. The van der Waals surface area contributed by atoms with Gasteiger partial charge in [-0.3, -0.25) is 0 Å². The summed E-state index contributed by atoms with van der Waals surface area (Å²) in [7, 11) is 2.96. The third-order valence-corrected chi connectivity index (χ3v) is 1.99. The van der Waals surface area contributed by atoms with Gasteiger partial charge in [-0.2, -0.15) is 0 Å². The Morgan fingerprint density at radius 2 is 1.71 bits per heavy atom. The summed E-state index contributed by atoms with van der Waals surface area (Å²) in [4.78, 5) is 0. The summed E-state index contributed by atoms with van der Waals surface area (Å²) in [6.45, 7) is 1.71. The molecule has 0 saturated heterocycles. The summed E-state index contributed by atoms with van der Waals surface area (Å²) in [5.74, 6) is 0.480. The molecular formula is C10H14FNO2. The minimum absolute atomic E-state index is 0.366. The van der Waals surface area contributed by atoms with Gasteiger partial charge in [0.05, 0.1) is 14.2 Å². The van der Waals surface area contributed by atoms with Crippen LogP contribution >= 0.6 is 0 Å². The summed E-state index contributed by atoms with van der Waals surface area (Å²) in [5, 5.41) is 0. The zero-order valence-corrected chi connectivity index (χ0v) is 8.50. The van der Waals surface area contributed by atoms with E-state index in [1.54, 1.807) is 13.0 Å². The van der Waals surface area contributed by atoms with Crippen LogP contribution in [0.3, 0.4) is 0 Å². The van der Waals surface area contributed by atoms with E-state index >= 15 is 0 Å². The Bertz CT molecular complexity index is 326. The molecule has 3 nitrogen and oxygen atoms in total. The molecule has 0 aliphatic rings. The number of hydrogen-bond donors (Lipinski definition) is 1. The highest BCUT2D eigenvalue weighted by Crippen LogP contribution is 2.31. The summed E-state index contributed by atoms with van der Waals surface area (Å²) in [6, 6.07) is 2.46. The monoisotopic (exact) mass is 199 g/mol. The van der Waals surface area contributed by atoms with Crippen molar-refractivity contribution in [1.82, 2.24) is 0 Å². The van der Waals surface area contributed by atoms with Crippen molar-refractivity contribution in [2.75, 3.05) is 14.2 Å². The van der Waals surface area contributed by atoms with Crippen LogP contribution in [0, 0.1) is 5.82 Å². The van der Waals surface area contributed by atoms with Crippen molar-refractivity contribution in [2.24, 2.45) is 5.73 Å². The zero-order valence-electron chi connectivity index (χ0n) is 8.50. The lowest BCUT2D eigenvalue weighted by atomic mass is 10.1. The molecule has 1 rings (SSSR count). The molecule has 0 saturated carbocycles. The molecule has 0 aromatic heterocycles. The first-order chi connectivity index (χ1) is 6.60. The first-order valence-corrected chi connectivity index (χ1v) is 4.27. The zero-order chi connectivity index (χ0) is 10.7. The van der Waals surface area contributed by atoms with Crippen molar-refractivity contribution >= 4 is 0 Å². The van der Waals surface area contributed by atoms with Gasteiger partial charge in [0.15, 0.2) is 11.5 Å². The molecule has 0 aliphatic carbocycles. The normalized spacial score (nSPS) is 12.4. The summed E-state index contributed by atoms with van der Waals surface area (Å²) >= 11 is 0. The fraction of sp³-hybridized carbons (Fsp3) is 0.400. The van der Waals surface area contributed by atoms with Crippen molar-refractivity contribution in [1.29, 1.82) is 0 Å². The summed E-state index contributed by atoms with van der Waals surface area (Å²) in [5.41, 5.74) is 6.01. The number of ether oxygens (including phenoxy) is 2. The lowest BCUT2D eigenvalue weighted by Gasteiger charge is -2.12. The maximum Gasteiger partial charge on any atom is 0.163 e. The molecule has 1 aromatic carbocycles. The highest BCUT2D eigenvalue weighted by atomic mass is 19.1. The SMILES string of the molecule is COc1cc(F)c([C@H](C)N)cc1OC. The number of rotatable bonds is 3. The van der Waals surface area contributed by atoms with Crippen LogP contribution in [-0.2, 0) is 0 Å². The van der Waals surface area contributed by atoms with E-state index in [1.807, 2.05) is 0 Å². The number of methoxy groups -OCH3 is 2. The molecule has 0 heterocycles. The molecule has 0 spiro atoms. The van der Waals surface area contributed by atoms with Crippen molar-refractivity contribution in [3.8, 4) is 11.5 Å². The van der Waals surface area contributed by atoms with E-state index in [9.17, 15) is 4.39 Å². The van der Waals surface area contributed by atoms with Crippen molar-refractivity contribution in [2.45, 2.75) is 13.0 Å². The molecule has 0 unspecified atom stereocenters. The smallest absolute Gasteiger partial charge is 0.163 e. The largest absolute Gasteiger partial charge is 0.493 e. The van der Waals surface area contributed by atoms with E-state index in [4.69, 9.17) is 15.2 Å². The molecule has 1 aromatic rings. The van der Waals surface area contributed by atoms with Gasteiger partial charge in [-0.15, -0.1) is 0 Å². The summed E-state index contributed by atoms with van der Waals surface area (Å²) in [6.07, 6.45) is 0. The quantitative estimate of drug-likeness (QED) is 0.808. The second-order valence-electron chi connectivity index (χ2n) is 3.02. The van der Waals surface area contributed by atoms with Crippen LogP contribution < -0.4 is 15.2 Å². The number of nitrogens with two attached hydrogens (primary N) is 1. The predicted molar refractivity (Wildman–Crippen MR) is 52.1 cm³/mol. The second-order valence-corrected chi connectivity index (χ2v) is 3.02. The molecule has 1 atom stereocenters. The minimum Gasteiger partial charge on any atom is -0.493 e. The van der Waals surface area contributed by atoms with Gasteiger partial charge in [-0.25, -0.2) is 4.39 Å². The highest BCUT2D eigenvalue weighted by Gasteiger charge is 2.13. The third-order valence-electron chi connectivity index (χ3n) is 1.99. The average molecular weight is 199 g/mol. The first kappa shape index (κ1) is 10.8. The van der Waals surface area contributed by atoms with Gasteiger partial charge in [0.1, 0.15) is 5.82 Å². The Hall–Kier alpha value is -1.29. The van der Waals surface area contributed by atoms with Gasteiger partial charge in [-0.1, -0.05) is 0 Å². The predicted octanol–water partition coefficient (Wildman–Crippen LogP) is 1.86. The van der Waals surface area contributed by atoms with E-state index in [2.05, 4.69) is 0 Å². The topological polar surface area (TPSA) is 44.5 Å². The summed E-state index contributed by atoms with van der Waals surface area (Å²) < 4.78 is 23.4. The lowest BCUT2D eigenvalue weighted by Crippen LogP contribution is -2.08. The molecule has 4 heteroatoms. The molecule has 0 radical (unpaired) electrons. The van der Waals surface area contributed by atoms with Gasteiger partial charge in [0.25, 0.3) is 0 Å². The van der Waals surface area contributed by atoms with Gasteiger partial charge in [-0.05, 0) is 13.0 Å². The van der Waals surface area contributed by atoms with Crippen LogP contribution in [0.4, 0.5) is 4.39 Å². The number of halogens is 1. The Morgan fingerprint density at radius 1 is 1.21 bits per heavy atom. The van der Waals surface area contributed by atoms with Crippen LogP contribution in [0.2, 0.25) is 0 Å². The van der Waals surface area contributed by atoms with Crippen molar-refractivity contribution in [3.05, 3.63) is 23.5 Å². The van der Waals surface area contributed by atoms with Crippen LogP contribution in [0.25, 0.3) is 0 Å². The highest BCUT2D eigenvalue weighted by molar-refractivity contribution is 5.44. The Kier molecular flexibility index (Phi) is 3.30. The molecule has 0 amide bonds. The fourth-order valence-electron chi connectivity index (χ4n) is 1.22. The van der Waals surface area contributed by atoms with Gasteiger partial charge >= 0.3 is 0 Å². The molecule has 2 N–H and O–H groups in total. The Morgan fingerprint density at radius 3 is 2.14 bits per heavy atom. The number of benzene rings is 1. The van der Waals surface area contributed by atoms with E-state index in [1.165, 1.54) is 20.3 Å². The maximum absolute atomic E-state index is 13.4. The molecule has 0 fully saturated rings. The molecule has 0 aliphatic heterocycles. The third kappa shape index (κ3) is 1.96. The van der Waals surface area contributed by atoms with E-state index in [-0.39, 0.29) is 11.9 Å². The fourth-order valence-corrected chi connectivity index (χ4v) is 1.22. The minimum atomic E-state index is -0.377. The Balaban J connectivity index is 3.23. The average Bonchev–Trinajstić information content (AvgIpc) is 2.16. The second kappa shape index (κ2) is 4.28. The molecule has 0 bridgehead atoms. The molecule has 78 valence electrons. The van der Waals surface area contributed by atoms with Crippen molar-refractivity contribution in [3.63, 3.8) is 0 Å². The molecular weight excluding hydrogens is 185 g/mol. The van der Waals surface area contributed by atoms with Crippen LogP contribution in [-0.4, -0.2) is 14.2 Å². The lowest BCUT2D eigenvalue weighted by molar-refractivity contribution is 0.351. The molecule has 14 heavy (non-hydrogen) atoms. The van der Waals surface area contributed by atoms with Crippen LogP contribution in [0.1, 0.15) is 18.5 Å². The van der Waals surface area contributed by atoms with E-state index < -0.39 is 0 Å². The van der Waals surface area contributed by atoms with Gasteiger partial charge in [0.2, 0.25) is 0 Å². The van der Waals surface area contributed by atoms with Crippen molar-refractivity contribution < 1.29 is 13.9 Å². The van der Waals surface area contributed by atoms with Crippen LogP contribution in [0.5, 0.6) is 11.5 Å². The Labute approximate surface area is 82.6 Å². The van der Waals surface area contributed by atoms with Crippen LogP contribution in [0.15, 0.2) is 12.1 Å². The van der Waals surface area contributed by atoms with Gasteiger partial charge in [0, 0.05) is 17.7 Å². The standard InChI is InChI=1S/C10H14FNO2/c1-6(12)7-4-9(13-2)10(14-3)5-8(7)11/h4-6H,12H2,1-3H3/t6-/m0/s1. The van der Waals surface area contributed by atoms with E-state index in [0.29, 0.717) is 17.1 Å². The van der Waals surface area contributed by atoms with Gasteiger partial charge < -0.3 is 15.2 Å². The first-order valence-electron chi connectivity index (χ1n) is 4.27.